The van der Waals surface area contributed by atoms with Gasteiger partial charge < -0.3 is 10.6 Å². The summed E-state index contributed by atoms with van der Waals surface area (Å²) >= 11 is 0. The second-order valence-electron chi connectivity index (χ2n) is 5.81. The van der Waals surface area contributed by atoms with Crippen LogP contribution in [0.2, 0.25) is 0 Å². The maximum Gasteiger partial charge on any atom is 0.227 e. The molecular weight excluding hydrogens is 288 g/mol. The molecule has 0 bridgehead atoms. The topological polar surface area (TPSA) is 75.3 Å². The summed E-state index contributed by atoms with van der Waals surface area (Å²) in [5, 5.41) is 6.19. The number of nitrogens with one attached hydrogen (secondary N) is 2. The molecule has 1 saturated heterocycles. The van der Waals surface area contributed by atoms with Gasteiger partial charge in [-0.1, -0.05) is 6.07 Å². The monoisotopic (exact) mass is 310 g/mol. The van der Waals surface area contributed by atoms with Crippen molar-refractivity contribution in [1.29, 1.82) is 0 Å². The molecule has 2 atom stereocenters. The van der Waals surface area contributed by atoms with Crippen LogP contribution in [0.5, 0.6) is 0 Å². The second kappa shape index (κ2) is 6.15. The van der Waals surface area contributed by atoms with E-state index in [1.807, 2.05) is 6.92 Å². The van der Waals surface area contributed by atoms with Gasteiger partial charge >= 0.3 is 0 Å². The largest absolute Gasteiger partial charge is 0.326 e. The minimum Gasteiger partial charge on any atom is -0.326 e. The number of hydrogen-bond acceptors (Lipinski definition) is 4. The zero-order chi connectivity index (χ0) is 15.6. The Morgan fingerprint density at radius 3 is 2.71 bits per heavy atom. The van der Waals surface area contributed by atoms with Gasteiger partial charge in [-0.2, -0.15) is 0 Å². The van der Waals surface area contributed by atoms with Crippen molar-refractivity contribution in [3.05, 3.63) is 23.8 Å². The first kappa shape index (κ1) is 16.0. The average Bonchev–Trinajstić information content (AvgIpc) is 2.40. The Labute approximate surface area is 126 Å². The number of aryl methyl sites for hydroxylation is 1. The zero-order valence-electron chi connectivity index (χ0n) is 12.6. The molecular formula is C15H22N2O3S. The highest BCUT2D eigenvalue weighted by Crippen LogP contribution is 2.23. The lowest BCUT2D eigenvalue weighted by molar-refractivity contribution is -0.120. The summed E-state index contributed by atoms with van der Waals surface area (Å²) in [5.41, 5.74) is 1.44. The summed E-state index contributed by atoms with van der Waals surface area (Å²) in [6, 6.07) is 5.15. The molecule has 2 rings (SSSR count). The van der Waals surface area contributed by atoms with Crippen LogP contribution in [0.25, 0.3) is 0 Å². The fourth-order valence-electron chi connectivity index (χ4n) is 2.57. The number of carbonyl (C=O) groups is 1. The van der Waals surface area contributed by atoms with E-state index in [0.29, 0.717) is 11.7 Å². The number of sulfone groups is 1. The minimum absolute atomic E-state index is 0.0254. The van der Waals surface area contributed by atoms with Crippen LogP contribution < -0.4 is 10.6 Å². The Hall–Kier alpha value is -1.40. The fraction of sp³-hybridized carbons (Fsp3) is 0.533. The van der Waals surface area contributed by atoms with Crippen molar-refractivity contribution in [3.8, 4) is 0 Å². The SMILES string of the molecule is Cc1ccc(S(C)(=O)=O)cc1NC(=O)C1CCNC(C)C1. The minimum atomic E-state index is -3.27. The molecule has 0 saturated carbocycles. The van der Waals surface area contributed by atoms with E-state index in [9.17, 15) is 13.2 Å². The molecule has 0 aromatic heterocycles. The van der Waals surface area contributed by atoms with Gasteiger partial charge in [-0.05, 0) is 50.9 Å². The summed E-state index contributed by atoms with van der Waals surface area (Å²) in [5.74, 6) is -0.0559. The van der Waals surface area contributed by atoms with Gasteiger partial charge in [0.05, 0.1) is 4.90 Å². The number of benzene rings is 1. The molecule has 1 aliphatic rings. The normalized spacial score (nSPS) is 22.8. The van der Waals surface area contributed by atoms with E-state index in [1.54, 1.807) is 12.1 Å². The van der Waals surface area contributed by atoms with Gasteiger partial charge in [-0.25, -0.2) is 8.42 Å². The molecule has 1 fully saturated rings. The Bertz CT molecular complexity index is 640. The maximum absolute atomic E-state index is 12.3. The highest BCUT2D eigenvalue weighted by atomic mass is 32.2. The second-order valence-corrected chi connectivity index (χ2v) is 7.83. The third kappa shape index (κ3) is 4.04. The standard InChI is InChI=1S/C15H22N2O3S/c1-10-4-5-13(21(3,19)20)9-14(10)17-15(18)12-6-7-16-11(2)8-12/h4-5,9,11-12,16H,6-8H2,1-3H3,(H,17,18). The number of hydrogen-bond donors (Lipinski definition) is 2. The molecule has 2 unspecified atom stereocenters. The number of rotatable bonds is 3. The lowest BCUT2D eigenvalue weighted by atomic mass is 9.92. The van der Waals surface area contributed by atoms with Gasteiger partial charge in [0.25, 0.3) is 0 Å². The van der Waals surface area contributed by atoms with Crippen LogP contribution in [-0.2, 0) is 14.6 Å². The molecule has 1 aromatic carbocycles. The van der Waals surface area contributed by atoms with E-state index >= 15 is 0 Å². The predicted octanol–water partition coefficient (Wildman–Crippen LogP) is 1.73. The van der Waals surface area contributed by atoms with Gasteiger partial charge in [0.15, 0.2) is 9.84 Å². The predicted molar refractivity (Wildman–Crippen MR) is 83.1 cm³/mol. The first-order chi connectivity index (χ1) is 9.77. The van der Waals surface area contributed by atoms with E-state index in [4.69, 9.17) is 0 Å². The first-order valence-electron chi connectivity index (χ1n) is 7.12. The molecule has 0 aliphatic carbocycles. The molecule has 1 amide bonds. The van der Waals surface area contributed by atoms with Crippen molar-refractivity contribution < 1.29 is 13.2 Å². The van der Waals surface area contributed by atoms with Crippen molar-refractivity contribution in [2.75, 3.05) is 18.1 Å². The van der Waals surface area contributed by atoms with Crippen molar-refractivity contribution in [2.24, 2.45) is 5.92 Å². The Kier molecular flexibility index (Phi) is 4.68. The van der Waals surface area contributed by atoms with Gasteiger partial charge in [0, 0.05) is 23.9 Å². The Morgan fingerprint density at radius 2 is 2.10 bits per heavy atom. The molecule has 1 aromatic rings. The molecule has 1 heterocycles. The highest BCUT2D eigenvalue weighted by Gasteiger charge is 2.25. The summed E-state index contributed by atoms with van der Waals surface area (Å²) < 4.78 is 23.2. The van der Waals surface area contributed by atoms with Gasteiger partial charge in [-0.3, -0.25) is 4.79 Å². The first-order valence-corrected chi connectivity index (χ1v) is 9.01. The van der Waals surface area contributed by atoms with Crippen LogP contribution in [0.1, 0.15) is 25.3 Å². The molecule has 1 aliphatic heterocycles. The Morgan fingerprint density at radius 1 is 1.38 bits per heavy atom. The quantitative estimate of drug-likeness (QED) is 0.891. The lowest BCUT2D eigenvalue weighted by Crippen LogP contribution is -2.40. The molecule has 0 radical (unpaired) electrons. The molecule has 21 heavy (non-hydrogen) atoms. The average molecular weight is 310 g/mol. The molecule has 6 heteroatoms. The number of piperidine rings is 1. The summed E-state index contributed by atoms with van der Waals surface area (Å²) in [7, 11) is -3.27. The number of amides is 1. The third-order valence-corrected chi connectivity index (χ3v) is 5.00. The van der Waals surface area contributed by atoms with Crippen LogP contribution in [0, 0.1) is 12.8 Å². The van der Waals surface area contributed by atoms with Crippen LogP contribution in [0.3, 0.4) is 0 Å². The smallest absolute Gasteiger partial charge is 0.227 e. The van der Waals surface area contributed by atoms with E-state index in [0.717, 1.165) is 31.2 Å². The molecule has 2 N–H and O–H groups in total. The van der Waals surface area contributed by atoms with E-state index in [-0.39, 0.29) is 16.7 Å². The number of anilines is 1. The number of carbonyl (C=O) groups excluding carboxylic acids is 1. The summed E-state index contributed by atoms with van der Waals surface area (Å²) in [6.07, 6.45) is 2.77. The maximum atomic E-state index is 12.3. The van der Waals surface area contributed by atoms with Gasteiger partial charge in [0.1, 0.15) is 0 Å². The van der Waals surface area contributed by atoms with Crippen molar-refractivity contribution in [3.63, 3.8) is 0 Å². The zero-order valence-corrected chi connectivity index (χ0v) is 13.5. The van der Waals surface area contributed by atoms with E-state index in [1.165, 1.54) is 6.07 Å². The molecule has 0 spiro atoms. The summed E-state index contributed by atoms with van der Waals surface area (Å²) in [6.45, 7) is 4.75. The van der Waals surface area contributed by atoms with Crippen molar-refractivity contribution in [1.82, 2.24) is 5.32 Å². The fourth-order valence-corrected chi connectivity index (χ4v) is 3.22. The molecule has 116 valence electrons. The van der Waals surface area contributed by atoms with Crippen molar-refractivity contribution >= 4 is 21.4 Å². The van der Waals surface area contributed by atoms with Crippen LogP contribution in [0.4, 0.5) is 5.69 Å². The molecule has 5 nitrogen and oxygen atoms in total. The van der Waals surface area contributed by atoms with Crippen LogP contribution in [0.15, 0.2) is 23.1 Å². The Balaban J connectivity index is 2.17. The van der Waals surface area contributed by atoms with Gasteiger partial charge in [0.2, 0.25) is 5.91 Å². The van der Waals surface area contributed by atoms with Gasteiger partial charge in [-0.15, -0.1) is 0 Å². The summed E-state index contributed by atoms with van der Waals surface area (Å²) in [4.78, 5) is 12.6. The van der Waals surface area contributed by atoms with Crippen LogP contribution in [-0.4, -0.2) is 33.2 Å². The van der Waals surface area contributed by atoms with Crippen molar-refractivity contribution in [2.45, 2.75) is 37.6 Å². The van der Waals surface area contributed by atoms with Crippen LogP contribution >= 0.6 is 0 Å². The van der Waals surface area contributed by atoms with E-state index < -0.39 is 9.84 Å². The van der Waals surface area contributed by atoms with E-state index in [2.05, 4.69) is 17.6 Å². The third-order valence-electron chi connectivity index (χ3n) is 3.89. The highest BCUT2D eigenvalue weighted by molar-refractivity contribution is 7.90. The lowest BCUT2D eigenvalue weighted by Gasteiger charge is -2.27.